The molecule has 1 N–H and O–H groups in total. The summed E-state index contributed by atoms with van der Waals surface area (Å²) in [6, 6.07) is 0. The molecule has 1 aliphatic heterocycles. The molecule has 1 fully saturated rings. The molecule has 17 heavy (non-hydrogen) atoms. The summed E-state index contributed by atoms with van der Waals surface area (Å²) in [6.07, 6.45) is 6.91. The van der Waals surface area contributed by atoms with Gasteiger partial charge in [-0.1, -0.05) is 27.7 Å². The van der Waals surface area contributed by atoms with Crippen molar-refractivity contribution in [1.29, 1.82) is 0 Å². The molecule has 0 aromatic heterocycles. The van der Waals surface area contributed by atoms with Gasteiger partial charge in [0.25, 0.3) is 0 Å². The average molecular weight is 241 g/mol. The molecule has 2 heteroatoms. The van der Waals surface area contributed by atoms with E-state index >= 15 is 0 Å². The summed E-state index contributed by atoms with van der Waals surface area (Å²) in [7, 11) is 0. The third-order valence-corrected chi connectivity index (χ3v) is 3.70. The summed E-state index contributed by atoms with van der Waals surface area (Å²) < 4.78 is 5.69. The Hall–Kier alpha value is -0.0800. The fraction of sp³-hybridized carbons (Fsp3) is 1.00. The first-order valence-electron chi connectivity index (χ1n) is 7.32. The van der Waals surface area contributed by atoms with Gasteiger partial charge < -0.3 is 10.1 Å². The molecule has 0 saturated carbocycles. The fourth-order valence-corrected chi connectivity index (χ4v) is 2.37. The van der Waals surface area contributed by atoms with E-state index in [4.69, 9.17) is 4.74 Å². The standard InChI is InChI=1S/C15H31NO/c1-13(2)12-16-10-9-15(3,4)8-7-14-6-5-11-17-14/h13-14,16H,5-12H2,1-4H3. The molecule has 2 nitrogen and oxygen atoms in total. The molecular formula is C15H31NO. The molecule has 1 rings (SSSR count). The van der Waals surface area contributed by atoms with Crippen LogP contribution in [-0.2, 0) is 4.74 Å². The van der Waals surface area contributed by atoms with Crippen LogP contribution in [0.3, 0.4) is 0 Å². The van der Waals surface area contributed by atoms with Gasteiger partial charge in [-0.15, -0.1) is 0 Å². The van der Waals surface area contributed by atoms with Gasteiger partial charge >= 0.3 is 0 Å². The highest BCUT2D eigenvalue weighted by molar-refractivity contribution is 4.74. The highest BCUT2D eigenvalue weighted by Crippen LogP contribution is 2.29. The summed E-state index contributed by atoms with van der Waals surface area (Å²) in [5.41, 5.74) is 0.454. The highest BCUT2D eigenvalue weighted by Gasteiger charge is 2.22. The molecule has 0 aliphatic carbocycles. The zero-order chi connectivity index (χ0) is 12.7. The lowest BCUT2D eigenvalue weighted by Gasteiger charge is -2.26. The lowest BCUT2D eigenvalue weighted by Crippen LogP contribution is -2.26. The van der Waals surface area contributed by atoms with Crippen molar-refractivity contribution < 1.29 is 4.74 Å². The van der Waals surface area contributed by atoms with Crippen molar-refractivity contribution in [3.63, 3.8) is 0 Å². The lowest BCUT2D eigenvalue weighted by atomic mass is 9.83. The Balaban J connectivity index is 2.07. The van der Waals surface area contributed by atoms with Gasteiger partial charge in [0.2, 0.25) is 0 Å². The predicted octanol–water partition coefficient (Wildman–Crippen LogP) is 3.61. The number of hydrogen-bond donors (Lipinski definition) is 1. The van der Waals surface area contributed by atoms with Gasteiger partial charge in [0.15, 0.2) is 0 Å². The minimum absolute atomic E-state index is 0.454. The van der Waals surface area contributed by atoms with E-state index in [1.54, 1.807) is 0 Å². The topological polar surface area (TPSA) is 21.3 Å². The Bertz CT molecular complexity index is 195. The summed E-state index contributed by atoms with van der Waals surface area (Å²) in [6.45, 7) is 12.6. The highest BCUT2D eigenvalue weighted by atomic mass is 16.5. The van der Waals surface area contributed by atoms with Crippen molar-refractivity contribution in [2.75, 3.05) is 19.7 Å². The third kappa shape index (κ3) is 7.05. The Kier molecular flexibility index (Phi) is 6.50. The van der Waals surface area contributed by atoms with Crippen molar-refractivity contribution in [1.82, 2.24) is 5.32 Å². The Morgan fingerprint density at radius 3 is 2.65 bits per heavy atom. The van der Waals surface area contributed by atoms with E-state index in [1.807, 2.05) is 0 Å². The molecule has 102 valence electrons. The van der Waals surface area contributed by atoms with Gasteiger partial charge in [-0.25, -0.2) is 0 Å². The first-order valence-corrected chi connectivity index (χ1v) is 7.32. The van der Waals surface area contributed by atoms with Gasteiger partial charge in [0.1, 0.15) is 0 Å². The monoisotopic (exact) mass is 241 g/mol. The van der Waals surface area contributed by atoms with Crippen molar-refractivity contribution >= 4 is 0 Å². The third-order valence-electron chi connectivity index (χ3n) is 3.70. The van der Waals surface area contributed by atoms with Crippen LogP contribution in [0.4, 0.5) is 0 Å². The van der Waals surface area contributed by atoms with Gasteiger partial charge in [-0.2, -0.15) is 0 Å². The number of hydrogen-bond acceptors (Lipinski definition) is 2. The molecule has 1 heterocycles. The normalized spacial score (nSPS) is 21.4. The van der Waals surface area contributed by atoms with E-state index in [1.165, 1.54) is 32.1 Å². The summed E-state index contributed by atoms with van der Waals surface area (Å²) in [5, 5.41) is 3.54. The van der Waals surface area contributed by atoms with Crippen LogP contribution in [0.1, 0.15) is 59.8 Å². The fourth-order valence-electron chi connectivity index (χ4n) is 2.37. The molecule has 0 radical (unpaired) electrons. The van der Waals surface area contributed by atoms with E-state index in [0.717, 1.165) is 25.6 Å². The molecule has 1 atom stereocenters. The number of nitrogens with one attached hydrogen (secondary N) is 1. The quantitative estimate of drug-likeness (QED) is 0.656. The molecule has 0 amide bonds. The van der Waals surface area contributed by atoms with Crippen LogP contribution in [0.15, 0.2) is 0 Å². The van der Waals surface area contributed by atoms with Gasteiger partial charge in [-0.3, -0.25) is 0 Å². The van der Waals surface area contributed by atoms with Crippen LogP contribution >= 0.6 is 0 Å². The van der Waals surface area contributed by atoms with Gasteiger partial charge in [-0.05, 0) is 56.5 Å². The maximum absolute atomic E-state index is 5.69. The Labute approximate surface area is 108 Å². The molecule has 1 aliphatic rings. The van der Waals surface area contributed by atoms with Crippen LogP contribution in [0.25, 0.3) is 0 Å². The van der Waals surface area contributed by atoms with Crippen LogP contribution in [0.2, 0.25) is 0 Å². The van der Waals surface area contributed by atoms with E-state index < -0.39 is 0 Å². The van der Waals surface area contributed by atoms with Crippen molar-refractivity contribution in [3.8, 4) is 0 Å². The minimum atomic E-state index is 0.454. The van der Waals surface area contributed by atoms with E-state index in [-0.39, 0.29) is 0 Å². The van der Waals surface area contributed by atoms with Crippen LogP contribution < -0.4 is 5.32 Å². The molecule has 0 bridgehead atoms. The van der Waals surface area contributed by atoms with Gasteiger partial charge in [0, 0.05) is 6.61 Å². The first-order chi connectivity index (χ1) is 7.99. The van der Waals surface area contributed by atoms with E-state index in [2.05, 4.69) is 33.0 Å². The first kappa shape index (κ1) is 15.0. The Morgan fingerprint density at radius 1 is 1.29 bits per heavy atom. The maximum Gasteiger partial charge on any atom is 0.0576 e. The lowest BCUT2D eigenvalue weighted by molar-refractivity contribution is 0.0905. The zero-order valence-corrected chi connectivity index (χ0v) is 12.2. The molecular weight excluding hydrogens is 210 g/mol. The summed E-state index contributed by atoms with van der Waals surface area (Å²) in [4.78, 5) is 0. The second kappa shape index (κ2) is 7.38. The molecule has 0 aromatic carbocycles. The zero-order valence-electron chi connectivity index (χ0n) is 12.2. The maximum atomic E-state index is 5.69. The SMILES string of the molecule is CC(C)CNCCC(C)(C)CCC1CCCO1. The molecule has 0 spiro atoms. The molecule has 0 aromatic rings. The number of ether oxygens (including phenoxy) is 1. The largest absolute Gasteiger partial charge is 0.378 e. The van der Waals surface area contributed by atoms with Crippen molar-refractivity contribution in [3.05, 3.63) is 0 Å². The summed E-state index contributed by atoms with van der Waals surface area (Å²) in [5.74, 6) is 0.755. The van der Waals surface area contributed by atoms with E-state index in [9.17, 15) is 0 Å². The van der Waals surface area contributed by atoms with Crippen molar-refractivity contribution in [2.45, 2.75) is 65.9 Å². The molecule has 1 unspecified atom stereocenters. The average Bonchev–Trinajstić information content (AvgIpc) is 2.74. The predicted molar refractivity (Wildman–Crippen MR) is 74.3 cm³/mol. The van der Waals surface area contributed by atoms with E-state index in [0.29, 0.717) is 11.5 Å². The van der Waals surface area contributed by atoms with Crippen LogP contribution in [0.5, 0.6) is 0 Å². The number of rotatable bonds is 8. The second-order valence-electron chi connectivity index (χ2n) is 6.69. The second-order valence-corrected chi connectivity index (χ2v) is 6.69. The minimum Gasteiger partial charge on any atom is -0.378 e. The van der Waals surface area contributed by atoms with Crippen LogP contribution in [-0.4, -0.2) is 25.8 Å². The molecule has 1 saturated heterocycles. The van der Waals surface area contributed by atoms with Gasteiger partial charge in [0.05, 0.1) is 6.10 Å². The van der Waals surface area contributed by atoms with Crippen LogP contribution in [0, 0.1) is 11.3 Å². The summed E-state index contributed by atoms with van der Waals surface area (Å²) >= 11 is 0. The van der Waals surface area contributed by atoms with Crippen molar-refractivity contribution in [2.24, 2.45) is 11.3 Å². The smallest absolute Gasteiger partial charge is 0.0576 e. The Morgan fingerprint density at radius 2 is 2.06 bits per heavy atom.